The van der Waals surface area contributed by atoms with Crippen molar-refractivity contribution in [3.63, 3.8) is 0 Å². The van der Waals surface area contributed by atoms with Gasteiger partial charge in [-0.3, -0.25) is 20.2 Å². The largest absolute Gasteiger partial charge is 0.397 e. The predicted octanol–water partition coefficient (Wildman–Crippen LogP) is 6.41. The van der Waals surface area contributed by atoms with Gasteiger partial charge in [0.1, 0.15) is 27.2 Å². The number of nitriles is 1. The van der Waals surface area contributed by atoms with E-state index in [0.717, 1.165) is 22.5 Å². The van der Waals surface area contributed by atoms with Crippen molar-refractivity contribution in [1.29, 1.82) is 5.26 Å². The molecular formula is C27H21N7O3S2. The predicted molar refractivity (Wildman–Crippen MR) is 155 cm³/mol. The third kappa shape index (κ3) is 4.76. The normalized spacial score (nSPS) is 11.0. The number of pyridine rings is 1. The van der Waals surface area contributed by atoms with Crippen LogP contribution < -0.4 is 16.8 Å². The van der Waals surface area contributed by atoms with E-state index in [9.17, 15) is 20.2 Å². The van der Waals surface area contributed by atoms with E-state index < -0.39 is 10.8 Å². The summed E-state index contributed by atoms with van der Waals surface area (Å²) < 4.78 is 0. The minimum absolute atomic E-state index is 0.0534. The van der Waals surface area contributed by atoms with E-state index in [0.29, 0.717) is 38.1 Å². The van der Waals surface area contributed by atoms with Gasteiger partial charge in [0.2, 0.25) is 0 Å². The van der Waals surface area contributed by atoms with E-state index >= 15 is 0 Å². The summed E-state index contributed by atoms with van der Waals surface area (Å²) in [5, 5.41) is 26.2. The molecule has 0 saturated carbocycles. The van der Waals surface area contributed by atoms with Crippen LogP contribution in [0.4, 0.5) is 22.3 Å². The van der Waals surface area contributed by atoms with Gasteiger partial charge in [-0.05, 0) is 17.0 Å². The molecule has 0 aliphatic carbocycles. The fourth-order valence-corrected chi connectivity index (χ4v) is 5.89. The van der Waals surface area contributed by atoms with E-state index in [-0.39, 0.29) is 27.6 Å². The van der Waals surface area contributed by atoms with Gasteiger partial charge in [0.25, 0.3) is 11.6 Å². The number of carbonyl (C=O) groups excluding carboxylic acids is 1. The molecule has 5 N–H and O–H groups in total. The van der Waals surface area contributed by atoms with Crippen LogP contribution in [0.15, 0.2) is 53.9 Å². The van der Waals surface area contributed by atoms with Crippen LogP contribution >= 0.6 is 22.7 Å². The number of nitro benzene ring substituents is 1. The Kier molecular flexibility index (Phi) is 6.69. The number of hydrogen-bond acceptors (Lipinski definition) is 10. The lowest BCUT2D eigenvalue weighted by atomic mass is 9.94. The molecule has 3 heterocycles. The van der Waals surface area contributed by atoms with Gasteiger partial charge in [0, 0.05) is 34.0 Å². The standard InChI is InChI=1S/C27H21N7O3S2/c1-13(2)14-6-8-15(9-7-14)20-18(11-28)24(30)32-26-21(20)22(29)23(39-26)25(35)33-27-31-19(12-38-27)16-4-3-5-17(10-16)34(36)37/h3-10,12-13H,29H2,1-2H3,(H2,30,32)(H,31,33,35). The number of carbonyl (C=O) groups is 1. The Labute approximate surface area is 230 Å². The van der Waals surface area contributed by atoms with E-state index in [1.54, 1.807) is 17.5 Å². The molecule has 5 rings (SSSR count). The lowest BCUT2D eigenvalue weighted by Gasteiger charge is -2.11. The second-order valence-corrected chi connectivity index (χ2v) is 10.8. The molecule has 0 unspecified atom stereocenters. The zero-order valence-electron chi connectivity index (χ0n) is 20.8. The first-order valence-corrected chi connectivity index (χ1v) is 13.4. The highest BCUT2D eigenvalue weighted by atomic mass is 32.1. The number of nitrogens with two attached hydrogens (primary N) is 2. The Morgan fingerprint density at radius 3 is 2.54 bits per heavy atom. The molecular weight excluding hydrogens is 534 g/mol. The number of nitrogens with one attached hydrogen (secondary N) is 1. The molecule has 1 amide bonds. The summed E-state index contributed by atoms with van der Waals surface area (Å²) in [6, 6.07) is 16.0. The molecule has 3 aromatic heterocycles. The number of non-ortho nitro benzene ring substituents is 1. The smallest absolute Gasteiger partial charge is 0.270 e. The maximum absolute atomic E-state index is 13.3. The monoisotopic (exact) mass is 555 g/mol. The topological polar surface area (TPSA) is 174 Å². The number of rotatable bonds is 6. The van der Waals surface area contributed by atoms with Crippen molar-refractivity contribution in [3.8, 4) is 28.5 Å². The van der Waals surface area contributed by atoms with Gasteiger partial charge in [-0.15, -0.1) is 22.7 Å². The first kappa shape index (κ1) is 25.8. The molecule has 0 atom stereocenters. The number of nitro groups is 1. The number of amides is 1. The summed E-state index contributed by atoms with van der Waals surface area (Å²) in [6.07, 6.45) is 0. The molecule has 0 spiro atoms. The SMILES string of the molecule is CC(C)c1ccc(-c2c(C#N)c(N)nc3sc(C(=O)Nc4nc(-c5cccc([N+](=O)[O-])c5)cs4)c(N)c23)cc1. The Hall–Kier alpha value is -4.86. The third-order valence-electron chi connectivity index (χ3n) is 6.17. The number of thiophene rings is 1. The van der Waals surface area contributed by atoms with Crippen molar-refractivity contribution >= 4 is 61.1 Å². The summed E-state index contributed by atoms with van der Waals surface area (Å²) in [6.45, 7) is 4.18. The summed E-state index contributed by atoms with van der Waals surface area (Å²) in [4.78, 5) is 33.3. The summed E-state index contributed by atoms with van der Waals surface area (Å²) >= 11 is 2.25. The van der Waals surface area contributed by atoms with Crippen molar-refractivity contribution in [1.82, 2.24) is 9.97 Å². The average Bonchev–Trinajstić information content (AvgIpc) is 3.52. The molecule has 0 bridgehead atoms. The molecule has 194 valence electrons. The molecule has 12 heteroatoms. The second-order valence-electron chi connectivity index (χ2n) is 8.96. The zero-order chi connectivity index (χ0) is 27.8. The van der Waals surface area contributed by atoms with E-state index in [4.69, 9.17) is 11.5 Å². The quantitative estimate of drug-likeness (QED) is 0.159. The molecule has 10 nitrogen and oxygen atoms in total. The van der Waals surface area contributed by atoms with Gasteiger partial charge in [-0.25, -0.2) is 9.97 Å². The van der Waals surface area contributed by atoms with Crippen LogP contribution in [0.1, 0.15) is 40.6 Å². The van der Waals surface area contributed by atoms with Crippen LogP contribution in [-0.4, -0.2) is 20.8 Å². The fourth-order valence-electron chi connectivity index (χ4n) is 4.17. The molecule has 0 saturated heterocycles. The highest BCUT2D eigenvalue weighted by Crippen LogP contribution is 2.43. The highest BCUT2D eigenvalue weighted by molar-refractivity contribution is 7.21. The number of aromatic nitrogens is 2. The van der Waals surface area contributed by atoms with Gasteiger partial charge in [0.15, 0.2) is 5.13 Å². The van der Waals surface area contributed by atoms with Crippen LogP contribution in [0.2, 0.25) is 0 Å². The maximum atomic E-state index is 13.3. The number of thiazole rings is 1. The lowest BCUT2D eigenvalue weighted by molar-refractivity contribution is -0.384. The van der Waals surface area contributed by atoms with E-state index in [2.05, 4.69) is 35.2 Å². The summed E-state index contributed by atoms with van der Waals surface area (Å²) in [5.41, 5.74) is 16.4. The Bertz CT molecular complexity index is 1800. The Morgan fingerprint density at radius 1 is 1.13 bits per heavy atom. The van der Waals surface area contributed by atoms with Crippen LogP contribution in [0.25, 0.3) is 32.6 Å². The van der Waals surface area contributed by atoms with Gasteiger partial charge in [0.05, 0.1) is 16.3 Å². The molecule has 5 aromatic rings. The van der Waals surface area contributed by atoms with Crippen LogP contribution in [0.5, 0.6) is 0 Å². The minimum atomic E-state index is -0.492. The molecule has 39 heavy (non-hydrogen) atoms. The van der Waals surface area contributed by atoms with Crippen LogP contribution in [0, 0.1) is 21.4 Å². The van der Waals surface area contributed by atoms with Crippen molar-refractivity contribution in [3.05, 3.63) is 80.0 Å². The molecule has 2 aromatic carbocycles. The number of anilines is 3. The van der Waals surface area contributed by atoms with Crippen molar-refractivity contribution in [2.75, 3.05) is 16.8 Å². The van der Waals surface area contributed by atoms with Crippen molar-refractivity contribution in [2.24, 2.45) is 0 Å². The first-order chi connectivity index (χ1) is 18.7. The zero-order valence-corrected chi connectivity index (χ0v) is 22.4. The maximum Gasteiger partial charge on any atom is 0.270 e. The number of nitrogens with zero attached hydrogens (tertiary/aromatic N) is 4. The number of hydrogen-bond donors (Lipinski definition) is 3. The van der Waals surface area contributed by atoms with Gasteiger partial charge < -0.3 is 11.5 Å². The number of benzene rings is 2. The fraction of sp³-hybridized carbons (Fsp3) is 0.111. The Balaban J connectivity index is 1.52. The van der Waals surface area contributed by atoms with Crippen molar-refractivity contribution < 1.29 is 9.72 Å². The van der Waals surface area contributed by atoms with Gasteiger partial charge in [-0.2, -0.15) is 5.26 Å². The molecule has 0 aliphatic heterocycles. The lowest BCUT2D eigenvalue weighted by Crippen LogP contribution is -2.11. The number of fused-ring (bicyclic) bond motifs is 1. The van der Waals surface area contributed by atoms with Crippen LogP contribution in [-0.2, 0) is 0 Å². The number of nitrogen functional groups attached to an aromatic ring is 2. The van der Waals surface area contributed by atoms with Crippen molar-refractivity contribution in [2.45, 2.75) is 19.8 Å². The van der Waals surface area contributed by atoms with Crippen LogP contribution in [0.3, 0.4) is 0 Å². The van der Waals surface area contributed by atoms with E-state index in [1.807, 2.05) is 24.3 Å². The third-order valence-corrected chi connectivity index (χ3v) is 8.02. The molecule has 0 radical (unpaired) electrons. The second kappa shape index (κ2) is 10.1. The molecule has 0 fully saturated rings. The van der Waals surface area contributed by atoms with Gasteiger partial charge in [-0.1, -0.05) is 50.2 Å². The Morgan fingerprint density at radius 2 is 1.87 bits per heavy atom. The summed E-state index contributed by atoms with van der Waals surface area (Å²) in [7, 11) is 0. The highest BCUT2D eigenvalue weighted by Gasteiger charge is 2.25. The summed E-state index contributed by atoms with van der Waals surface area (Å²) in [5.74, 6) is -0.0989. The average molecular weight is 556 g/mol. The van der Waals surface area contributed by atoms with Gasteiger partial charge >= 0.3 is 0 Å². The van der Waals surface area contributed by atoms with E-state index in [1.165, 1.54) is 23.5 Å². The molecule has 0 aliphatic rings. The first-order valence-electron chi connectivity index (χ1n) is 11.7. The minimum Gasteiger partial charge on any atom is -0.397 e.